The van der Waals surface area contributed by atoms with Crippen LogP contribution in [-0.2, 0) is 9.59 Å². The number of pyridine rings is 1. The summed E-state index contributed by atoms with van der Waals surface area (Å²) in [7, 11) is 0. The number of nitrogens with one attached hydrogen (secondary N) is 2. The number of anilines is 1. The molecule has 2 amide bonds. The van der Waals surface area contributed by atoms with Gasteiger partial charge in [0.1, 0.15) is 0 Å². The maximum absolute atomic E-state index is 12.5. The summed E-state index contributed by atoms with van der Waals surface area (Å²) in [6, 6.07) is 19.2. The molecule has 2 aromatic heterocycles. The Labute approximate surface area is 201 Å². The van der Waals surface area contributed by atoms with E-state index in [4.69, 9.17) is 0 Å². The van der Waals surface area contributed by atoms with E-state index < -0.39 is 0 Å². The zero-order chi connectivity index (χ0) is 23.9. The number of thioether (sulfide) groups is 1. The quantitative estimate of drug-likeness (QED) is 0.378. The number of aryl methyl sites for hydroxylation is 2. The maximum Gasteiger partial charge on any atom is 0.243 e. The third-order valence-electron chi connectivity index (χ3n) is 5.09. The van der Waals surface area contributed by atoms with Crippen LogP contribution in [0, 0.1) is 13.8 Å². The van der Waals surface area contributed by atoms with Crippen LogP contribution in [0.5, 0.6) is 0 Å². The Bertz CT molecular complexity index is 1270. The molecule has 0 aliphatic heterocycles. The van der Waals surface area contributed by atoms with Crippen molar-refractivity contribution in [2.75, 3.05) is 17.6 Å². The number of hydrogen-bond acceptors (Lipinski definition) is 6. The Morgan fingerprint density at radius 3 is 2.38 bits per heavy atom. The molecule has 2 N–H and O–H groups in total. The van der Waals surface area contributed by atoms with Crippen LogP contribution in [0.4, 0.5) is 5.69 Å². The molecule has 2 heterocycles. The topological polar surface area (TPSA) is 102 Å². The third kappa shape index (κ3) is 5.49. The van der Waals surface area contributed by atoms with Crippen molar-refractivity contribution in [3.8, 4) is 17.1 Å². The molecule has 0 spiro atoms. The van der Waals surface area contributed by atoms with E-state index in [-0.39, 0.29) is 24.1 Å². The summed E-state index contributed by atoms with van der Waals surface area (Å²) >= 11 is 1.25. The smallest absolute Gasteiger partial charge is 0.243 e. The minimum Gasteiger partial charge on any atom is -0.346 e. The lowest BCUT2D eigenvalue weighted by molar-refractivity contribution is -0.122. The summed E-state index contributed by atoms with van der Waals surface area (Å²) in [6.45, 7) is 3.75. The summed E-state index contributed by atoms with van der Waals surface area (Å²) in [4.78, 5) is 29.0. The van der Waals surface area contributed by atoms with Crippen LogP contribution in [0.2, 0.25) is 0 Å². The van der Waals surface area contributed by atoms with Gasteiger partial charge in [0.25, 0.3) is 0 Å². The Morgan fingerprint density at radius 1 is 0.912 bits per heavy atom. The van der Waals surface area contributed by atoms with E-state index in [1.807, 2.05) is 79.1 Å². The lowest BCUT2D eigenvalue weighted by Crippen LogP contribution is -2.34. The summed E-state index contributed by atoms with van der Waals surface area (Å²) in [5, 5.41) is 14.7. The highest BCUT2D eigenvalue weighted by Gasteiger charge is 2.17. The summed E-state index contributed by atoms with van der Waals surface area (Å²) in [5.41, 5.74) is 4.41. The van der Waals surface area contributed by atoms with Gasteiger partial charge < -0.3 is 10.6 Å². The largest absolute Gasteiger partial charge is 0.346 e. The van der Waals surface area contributed by atoms with Crippen LogP contribution in [0.15, 0.2) is 78.2 Å². The first-order valence-corrected chi connectivity index (χ1v) is 11.7. The Morgan fingerprint density at radius 2 is 1.68 bits per heavy atom. The van der Waals surface area contributed by atoms with E-state index in [1.165, 1.54) is 11.8 Å². The summed E-state index contributed by atoms with van der Waals surface area (Å²) in [5.74, 6) is 0.179. The molecule has 2 aromatic carbocycles. The molecule has 34 heavy (non-hydrogen) atoms. The predicted molar refractivity (Wildman–Crippen MR) is 133 cm³/mol. The Balaban J connectivity index is 1.41. The van der Waals surface area contributed by atoms with Crippen molar-refractivity contribution in [2.45, 2.75) is 19.0 Å². The number of carbonyl (C=O) groups excluding carboxylic acids is 2. The molecule has 0 aliphatic rings. The second-order valence-electron chi connectivity index (χ2n) is 7.60. The van der Waals surface area contributed by atoms with Gasteiger partial charge in [0.2, 0.25) is 11.8 Å². The zero-order valence-corrected chi connectivity index (χ0v) is 19.7. The third-order valence-corrected chi connectivity index (χ3v) is 6.02. The van der Waals surface area contributed by atoms with Crippen molar-refractivity contribution in [3.05, 3.63) is 84.2 Å². The van der Waals surface area contributed by atoms with E-state index in [2.05, 4.69) is 25.8 Å². The van der Waals surface area contributed by atoms with E-state index >= 15 is 0 Å². The average Bonchev–Trinajstić information content (AvgIpc) is 3.29. The highest BCUT2D eigenvalue weighted by Crippen LogP contribution is 2.27. The normalized spacial score (nSPS) is 10.6. The van der Waals surface area contributed by atoms with Gasteiger partial charge in [-0.3, -0.25) is 19.1 Å². The SMILES string of the molecule is Cc1cccc(C)c1NC(=O)CNC(=O)CSc1nnc(-c2cccnc2)n1-c1ccccc1. The van der Waals surface area contributed by atoms with Gasteiger partial charge in [-0.05, 0) is 49.2 Å². The number of carbonyl (C=O) groups is 2. The number of nitrogens with zero attached hydrogens (tertiary/aromatic N) is 4. The first-order chi connectivity index (χ1) is 16.5. The zero-order valence-electron chi connectivity index (χ0n) is 18.9. The first-order valence-electron chi connectivity index (χ1n) is 10.7. The van der Waals surface area contributed by atoms with Crippen molar-refractivity contribution >= 4 is 29.3 Å². The number of para-hydroxylation sites is 2. The lowest BCUT2D eigenvalue weighted by Gasteiger charge is -2.12. The van der Waals surface area contributed by atoms with Crippen LogP contribution >= 0.6 is 11.8 Å². The molecule has 9 heteroatoms. The summed E-state index contributed by atoms with van der Waals surface area (Å²) < 4.78 is 1.89. The highest BCUT2D eigenvalue weighted by molar-refractivity contribution is 7.99. The summed E-state index contributed by atoms with van der Waals surface area (Å²) in [6.07, 6.45) is 3.42. The molecule has 0 saturated heterocycles. The average molecular weight is 473 g/mol. The standard InChI is InChI=1S/C25H24N6O2S/c1-17-8-6-9-18(2)23(17)28-21(32)15-27-22(33)16-34-25-30-29-24(19-10-7-13-26-14-19)31(25)20-11-4-3-5-12-20/h3-14H,15-16H2,1-2H3,(H,27,33)(H,28,32). The van der Waals surface area contributed by atoms with Gasteiger partial charge in [0, 0.05) is 29.3 Å². The van der Waals surface area contributed by atoms with Gasteiger partial charge in [-0.2, -0.15) is 0 Å². The van der Waals surface area contributed by atoms with E-state index in [1.54, 1.807) is 12.4 Å². The predicted octanol–water partition coefficient (Wildman–Crippen LogP) is 3.79. The van der Waals surface area contributed by atoms with Gasteiger partial charge >= 0.3 is 0 Å². The lowest BCUT2D eigenvalue weighted by atomic mass is 10.1. The Hall–Kier alpha value is -3.98. The van der Waals surface area contributed by atoms with Crippen molar-refractivity contribution in [3.63, 3.8) is 0 Å². The van der Waals surface area contributed by atoms with Crippen molar-refractivity contribution in [2.24, 2.45) is 0 Å². The second-order valence-corrected chi connectivity index (χ2v) is 8.54. The fraction of sp³-hybridized carbons (Fsp3) is 0.160. The molecule has 0 saturated carbocycles. The minimum absolute atomic E-state index is 0.0919. The molecule has 0 fully saturated rings. The van der Waals surface area contributed by atoms with Crippen molar-refractivity contribution in [1.29, 1.82) is 0 Å². The van der Waals surface area contributed by atoms with Gasteiger partial charge in [-0.15, -0.1) is 10.2 Å². The van der Waals surface area contributed by atoms with Crippen LogP contribution in [0.25, 0.3) is 17.1 Å². The molecule has 4 rings (SSSR count). The molecule has 0 unspecified atom stereocenters. The Kier molecular flexibility index (Phi) is 7.34. The molecular weight excluding hydrogens is 448 g/mol. The number of aromatic nitrogens is 4. The second kappa shape index (κ2) is 10.8. The van der Waals surface area contributed by atoms with Crippen LogP contribution in [0.3, 0.4) is 0 Å². The van der Waals surface area contributed by atoms with E-state index in [0.29, 0.717) is 11.0 Å². The van der Waals surface area contributed by atoms with Crippen LogP contribution in [0.1, 0.15) is 11.1 Å². The van der Waals surface area contributed by atoms with Gasteiger partial charge in [-0.1, -0.05) is 48.2 Å². The molecule has 4 aromatic rings. The number of rotatable bonds is 8. The number of hydrogen-bond donors (Lipinski definition) is 2. The van der Waals surface area contributed by atoms with Crippen LogP contribution < -0.4 is 10.6 Å². The van der Waals surface area contributed by atoms with Gasteiger partial charge in [0.15, 0.2) is 11.0 Å². The molecular formula is C25H24N6O2S. The molecule has 0 radical (unpaired) electrons. The monoisotopic (exact) mass is 472 g/mol. The van der Waals surface area contributed by atoms with E-state index in [0.717, 1.165) is 28.1 Å². The number of benzene rings is 2. The molecule has 0 atom stereocenters. The minimum atomic E-state index is -0.276. The fourth-order valence-corrected chi connectivity index (χ4v) is 4.19. The van der Waals surface area contributed by atoms with Gasteiger partial charge in [-0.25, -0.2) is 0 Å². The van der Waals surface area contributed by atoms with E-state index in [9.17, 15) is 9.59 Å². The highest BCUT2D eigenvalue weighted by atomic mass is 32.2. The van der Waals surface area contributed by atoms with Gasteiger partial charge in [0.05, 0.1) is 12.3 Å². The molecule has 172 valence electrons. The molecule has 8 nitrogen and oxygen atoms in total. The molecule has 0 bridgehead atoms. The van der Waals surface area contributed by atoms with Crippen molar-refractivity contribution < 1.29 is 9.59 Å². The molecule has 0 aliphatic carbocycles. The fourth-order valence-electron chi connectivity index (χ4n) is 3.41. The maximum atomic E-state index is 12.5. The number of amides is 2. The van der Waals surface area contributed by atoms with Crippen LogP contribution in [-0.4, -0.2) is 43.9 Å². The first kappa shape index (κ1) is 23.2. The van der Waals surface area contributed by atoms with Crippen molar-refractivity contribution in [1.82, 2.24) is 25.1 Å².